The first-order valence-corrected chi connectivity index (χ1v) is 22.1. The number of carbonyl (C=O) groups excluding carboxylic acids is 2. The van der Waals surface area contributed by atoms with Crippen molar-refractivity contribution in [1.29, 1.82) is 0 Å². The summed E-state index contributed by atoms with van der Waals surface area (Å²) in [5.41, 5.74) is 5.89. The van der Waals surface area contributed by atoms with Crippen LogP contribution in [0.3, 0.4) is 0 Å². The molecule has 0 saturated heterocycles. The number of alkyl halides is 3. The number of anilines is 3. The second kappa shape index (κ2) is 22.6. The van der Waals surface area contributed by atoms with Crippen LogP contribution >= 0.6 is 34.8 Å². The Morgan fingerprint density at radius 1 is 0.686 bits per heavy atom. The first-order chi connectivity index (χ1) is 33.2. The molecular formula is C46H46Cl3F3N12O6. The smallest absolute Gasteiger partial charge is 0.412 e. The van der Waals surface area contributed by atoms with Gasteiger partial charge in [0.05, 0.1) is 33.2 Å². The molecule has 0 radical (unpaired) electrons. The summed E-state index contributed by atoms with van der Waals surface area (Å²) in [6, 6.07) is 15.5. The molecule has 0 spiro atoms. The number of benzene rings is 3. The summed E-state index contributed by atoms with van der Waals surface area (Å²) in [5.74, 6) is -0.442. The van der Waals surface area contributed by atoms with Crippen LogP contribution in [0.15, 0.2) is 88.7 Å². The second-order valence-electron chi connectivity index (χ2n) is 15.9. The number of nitrogens with one attached hydrogen (secondary N) is 3. The number of halogens is 6. The maximum absolute atomic E-state index is 13.3. The van der Waals surface area contributed by atoms with E-state index in [9.17, 15) is 32.3 Å². The number of likely N-dealkylation sites (N-methyl/N-ethyl adjacent to an activating group) is 2. The zero-order valence-electron chi connectivity index (χ0n) is 38.4. The normalized spacial score (nSPS) is 11.4. The van der Waals surface area contributed by atoms with Crippen molar-refractivity contribution in [3.05, 3.63) is 132 Å². The Morgan fingerprint density at radius 3 is 1.63 bits per heavy atom. The van der Waals surface area contributed by atoms with Gasteiger partial charge < -0.3 is 41.2 Å². The molecule has 0 bridgehead atoms. The van der Waals surface area contributed by atoms with Gasteiger partial charge in [-0.3, -0.25) is 19.2 Å². The van der Waals surface area contributed by atoms with Crippen LogP contribution in [0.4, 0.5) is 30.8 Å². The van der Waals surface area contributed by atoms with Gasteiger partial charge in [0, 0.05) is 76.7 Å². The number of carbonyl (C=O) groups is 2. The van der Waals surface area contributed by atoms with E-state index in [2.05, 4.69) is 35.9 Å². The zero-order valence-corrected chi connectivity index (χ0v) is 40.7. The number of rotatable bonds is 16. The molecule has 7 rings (SSSR count). The van der Waals surface area contributed by atoms with Crippen LogP contribution in [0.1, 0.15) is 21.5 Å². The van der Waals surface area contributed by atoms with Gasteiger partial charge in [-0.25, -0.2) is 9.97 Å². The molecule has 0 aliphatic rings. The second-order valence-corrected chi connectivity index (χ2v) is 17.1. The molecule has 0 aliphatic heterocycles. The SMILES string of the molecule is COn1c(=O)c(-c2ccc(C(N)=O)cc2Cl)cc2cnc(NCCN(C)C)nc21.COn1c(=O)c(-c2ccc(NC(=O)Cc3ccc(Cl)c(C(F)(F)F)c3)cc2Cl)cc2cnc(NCCN(C)C)nc21. The van der Waals surface area contributed by atoms with Crippen LogP contribution in [0, 0.1) is 0 Å². The summed E-state index contributed by atoms with van der Waals surface area (Å²) in [6.07, 6.45) is -1.81. The van der Waals surface area contributed by atoms with Gasteiger partial charge in [0.2, 0.25) is 23.7 Å². The highest BCUT2D eigenvalue weighted by molar-refractivity contribution is 6.34. The van der Waals surface area contributed by atoms with E-state index in [-0.39, 0.29) is 44.4 Å². The number of nitrogens with zero attached hydrogens (tertiary/aromatic N) is 8. The van der Waals surface area contributed by atoms with Gasteiger partial charge in [-0.2, -0.15) is 23.1 Å². The number of aromatic nitrogens is 6. The average molecular weight is 1030 g/mol. The first-order valence-electron chi connectivity index (χ1n) is 21.0. The molecule has 70 heavy (non-hydrogen) atoms. The van der Waals surface area contributed by atoms with Crippen molar-refractivity contribution in [3.8, 4) is 22.3 Å². The molecule has 3 aromatic carbocycles. The van der Waals surface area contributed by atoms with E-state index in [0.29, 0.717) is 58.2 Å². The highest BCUT2D eigenvalue weighted by atomic mass is 35.5. The average Bonchev–Trinajstić information content (AvgIpc) is 3.29. The van der Waals surface area contributed by atoms with Crippen LogP contribution in [0.2, 0.25) is 15.1 Å². The van der Waals surface area contributed by atoms with E-state index in [4.69, 9.17) is 50.2 Å². The molecule has 4 aromatic heterocycles. The minimum Gasteiger partial charge on any atom is -0.412 e. The summed E-state index contributed by atoms with van der Waals surface area (Å²) in [5, 5.41) is 9.85. The lowest BCUT2D eigenvalue weighted by Crippen LogP contribution is -2.28. The summed E-state index contributed by atoms with van der Waals surface area (Å²) in [7, 11) is 10.5. The van der Waals surface area contributed by atoms with Gasteiger partial charge in [-0.1, -0.05) is 53.0 Å². The number of amides is 2. The monoisotopic (exact) mass is 1020 g/mol. The summed E-state index contributed by atoms with van der Waals surface area (Å²) < 4.78 is 41.5. The molecule has 0 unspecified atom stereocenters. The van der Waals surface area contributed by atoms with Crippen LogP contribution in [-0.2, 0) is 17.4 Å². The third-order valence-corrected chi connectivity index (χ3v) is 11.2. The molecule has 18 nitrogen and oxygen atoms in total. The predicted molar refractivity (Wildman–Crippen MR) is 265 cm³/mol. The van der Waals surface area contributed by atoms with Gasteiger partial charge in [0.25, 0.3) is 11.1 Å². The number of hydrogen-bond acceptors (Lipinski definition) is 14. The van der Waals surface area contributed by atoms with Crippen LogP contribution in [0.5, 0.6) is 0 Å². The summed E-state index contributed by atoms with van der Waals surface area (Å²) >= 11 is 18.4. The summed E-state index contributed by atoms with van der Waals surface area (Å²) in [4.78, 5) is 82.2. The molecule has 0 fully saturated rings. The van der Waals surface area contributed by atoms with Crippen LogP contribution in [0.25, 0.3) is 44.3 Å². The molecule has 0 atom stereocenters. The third-order valence-electron chi connectivity index (χ3n) is 10.2. The standard InChI is InChI=1S/C27H25Cl2F3N6O3.C19H21ClN6O3/c1-37(2)9-8-33-26-34-14-16-12-19(25(40)38(41-3)24(16)36-26)18-6-5-17(13-22(18)29)35-23(39)11-15-4-7-21(28)20(10-15)27(30,31)32;1-25(2)7-6-22-19-23-10-12-8-14(18(28)26(29-3)17(12)24-19)13-5-4-11(16(21)27)9-15(13)20/h4-7,10,12-14H,8-9,11H2,1-3H3,(H,35,39)(H,33,34,36);4-5,8-10H,6-7H2,1-3H3,(H2,21,27)(H,22,23,24). The minimum absolute atomic E-state index is 0.136. The fourth-order valence-electron chi connectivity index (χ4n) is 6.80. The van der Waals surface area contributed by atoms with Gasteiger partial charge in [0.15, 0.2) is 11.3 Å². The lowest BCUT2D eigenvalue weighted by atomic mass is 10.0. The van der Waals surface area contributed by atoms with E-state index in [1.54, 1.807) is 36.7 Å². The van der Waals surface area contributed by atoms with Crippen LogP contribution < -0.4 is 42.5 Å². The Morgan fingerprint density at radius 2 is 1.19 bits per heavy atom. The fourth-order valence-corrected chi connectivity index (χ4v) is 7.59. The predicted octanol–water partition coefficient (Wildman–Crippen LogP) is 6.24. The maximum Gasteiger partial charge on any atom is 0.417 e. The molecule has 5 N–H and O–H groups in total. The van der Waals surface area contributed by atoms with Gasteiger partial charge >= 0.3 is 6.18 Å². The Labute approximate surface area is 413 Å². The van der Waals surface area contributed by atoms with Crippen molar-refractivity contribution in [3.63, 3.8) is 0 Å². The molecule has 4 heterocycles. The van der Waals surface area contributed by atoms with E-state index in [1.807, 2.05) is 38.0 Å². The fraction of sp³-hybridized carbons (Fsp3) is 0.261. The van der Waals surface area contributed by atoms with Crippen molar-refractivity contribution in [1.82, 2.24) is 39.2 Å². The Bertz CT molecular complexity index is 3210. The molecule has 24 heteroatoms. The number of pyridine rings is 2. The molecule has 0 saturated carbocycles. The summed E-state index contributed by atoms with van der Waals surface area (Å²) in [6.45, 7) is 2.81. The van der Waals surface area contributed by atoms with Crippen molar-refractivity contribution < 1.29 is 32.4 Å². The third kappa shape index (κ3) is 12.6. The Kier molecular flexibility index (Phi) is 16.9. The minimum atomic E-state index is -4.64. The molecule has 2 amide bonds. The maximum atomic E-state index is 13.3. The number of nitrogens with two attached hydrogens (primary N) is 1. The Hall–Kier alpha value is -7.04. The lowest BCUT2D eigenvalue weighted by molar-refractivity contribution is -0.137. The van der Waals surface area contributed by atoms with Gasteiger partial charge in [-0.15, -0.1) is 9.46 Å². The molecule has 0 aliphatic carbocycles. The van der Waals surface area contributed by atoms with Crippen LogP contribution in [-0.4, -0.2) is 120 Å². The van der Waals surface area contributed by atoms with E-state index < -0.39 is 39.7 Å². The highest BCUT2D eigenvalue weighted by Gasteiger charge is 2.33. The Balaban J connectivity index is 0.000000244. The van der Waals surface area contributed by atoms with Crippen molar-refractivity contribution in [2.75, 3.05) is 84.5 Å². The van der Waals surface area contributed by atoms with E-state index >= 15 is 0 Å². The number of primary amides is 1. The number of fused-ring (bicyclic) bond motifs is 2. The first kappa shape index (κ1) is 52.3. The van der Waals surface area contributed by atoms with E-state index in [0.717, 1.165) is 34.7 Å². The highest BCUT2D eigenvalue weighted by Crippen LogP contribution is 2.36. The largest absolute Gasteiger partial charge is 0.417 e. The van der Waals surface area contributed by atoms with E-state index in [1.165, 1.54) is 44.6 Å². The molecule has 7 aromatic rings. The lowest BCUT2D eigenvalue weighted by Gasteiger charge is -2.14. The quantitative estimate of drug-likeness (QED) is 0.0844. The van der Waals surface area contributed by atoms with Crippen molar-refractivity contribution >= 4 is 86.3 Å². The zero-order chi connectivity index (χ0) is 51.0. The molecule has 368 valence electrons. The molecular weight excluding hydrogens is 980 g/mol. The van der Waals surface area contributed by atoms with Crippen molar-refractivity contribution in [2.24, 2.45) is 5.73 Å². The van der Waals surface area contributed by atoms with Gasteiger partial charge in [-0.05, 0) is 82.3 Å². The van der Waals surface area contributed by atoms with Crippen molar-refractivity contribution in [2.45, 2.75) is 12.6 Å². The number of hydrogen-bond donors (Lipinski definition) is 4. The topological polar surface area (TPSA) is 217 Å². The van der Waals surface area contributed by atoms with Gasteiger partial charge in [0.1, 0.15) is 14.2 Å².